The van der Waals surface area contributed by atoms with Gasteiger partial charge in [-0.2, -0.15) is 0 Å². The normalized spacial score (nSPS) is 21.4. The summed E-state index contributed by atoms with van der Waals surface area (Å²) in [5, 5.41) is 9.07. The SMILES string of the molecule is CCCCCN(CCCCC)C(=O)[C@@H]1CC[C@H](C(=O)O)C1. The summed E-state index contributed by atoms with van der Waals surface area (Å²) in [4.78, 5) is 25.7. The monoisotopic (exact) mass is 297 g/mol. The second-order valence-corrected chi connectivity index (χ2v) is 6.28. The number of carbonyl (C=O) groups is 2. The first-order valence-electron chi connectivity index (χ1n) is 8.61. The van der Waals surface area contributed by atoms with Crippen molar-refractivity contribution < 1.29 is 14.7 Å². The molecule has 1 aliphatic rings. The molecule has 0 aromatic rings. The predicted molar refractivity (Wildman–Crippen MR) is 84.1 cm³/mol. The average molecular weight is 297 g/mol. The van der Waals surface area contributed by atoms with Gasteiger partial charge < -0.3 is 10.0 Å². The van der Waals surface area contributed by atoms with Gasteiger partial charge in [-0.25, -0.2) is 0 Å². The quantitative estimate of drug-likeness (QED) is 0.626. The molecule has 0 bridgehead atoms. The number of hydrogen-bond acceptors (Lipinski definition) is 2. The molecule has 0 aromatic carbocycles. The lowest BCUT2D eigenvalue weighted by Gasteiger charge is -2.26. The standard InChI is InChI=1S/C17H31NO3/c1-3-5-7-11-18(12-8-6-4-2)16(19)14-9-10-15(13-14)17(20)21/h14-15H,3-13H2,1-2H3,(H,20,21)/t14-,15+/m1/s1. The first-order chi connectivity index (χ1) is 10.1. The number of nitrogens with zero attached hydrogens (tertiary/aromatic N) is 1. The maximum absolute atomic E-state index is 12.6. The zero-order valence-electron chi connectivity index (χ0n) is 13.6. The maximum atomic E-state index is 12.6. The number of amides is 1. The highest BCUT2D eigenvalue weighted by molar-refractivity contribution is 5.81. The molecule has 0 aliphatic heterocycles. The first kappa shape index (κ1) is 18.0. The van der Waals surface area contributed by atoms with Crippen LogP contribution in [0.2, 0.25) is 0 Å². The minimum atomic E-state index is -0.742. The summed E-state index contributed by atoms with van der Waals surface area (Å²) in [6, 6.07) is 0. The Balaban J connectivity index is 2.50. The lowest BCUT2D eigenvalue weighted by Crippen LogP contribution is -2.37. The zero-order valence-corrected chi connectivity index (χ0v) is 13.6. The fraction of sp³-hybridized carbons (Fsp3) is 0.882. The molecule has 2 atom stereocenters. The molecule has 4 heteroatoms. The Morgan fingerprint density at radius 2 is 1.48 bits per heavy atom. The van der Waals surface area contributed by atoms with Gasteiger partial charge in [0.05, 0.1) is 5.92 Å². The minimum Gasteiger partial charge on any atom is -0.481 e. The van der Waals surface area contributed by atoms with E-state index in [1.54, 1.807) is 0 Å². The Morgan fingerprint density at radius 3 is 1.90 bits per heavy atom. The largest absolute Gasteiger partial charge is 0.481 e. The van der Waals surface area contributed by atoms with Crippen molar-refractivity contribution in [1.29, 1.82) is 0 Å². The minimum absolute atomic E-state index is 0.0608. The molecule has 21 heavy (non-hydrogen) atoms. The van der Waals surface area contributed by atoms with Gasteiger partial charge in [0.2, 0.25) is 5.91 Å². The van der Waals surface area contributed by atoms with Crippen LogP contribution < -0.4 is 0 Å². The first-order valence-corrected chi connectivity index (χ1v) is 8.61. The molecule has 0 heterocycles. The van der Waals surface area contributed by atoms with Gasteiger partial charge in [0.15, 0.2) is 0 Å². The van der Waals surface area contributed by atoms with Crippen LogP contribution in [-0.4, -0.2) is 35.0 Å². The van der Waals surface area contributed by atoms with Gasteiger partial charge in [-0.05, 0) is 32.1 Å². The van der Waals surface area contributed by atoms with Crippen LogP contribution in [0.4, 0.5) is 0 Å². The number of hydrogen-bond donors (Lipinski definition) is 1. The van der Waals surface area contributed by atoms with Crippen LogP contribution in [0.5, 0.6) is 0 Å². The van der Waals surface area contributed by atoms with E-state index in [0.717, 1.165) is 58.0 Å². The molecule has 1 rings (SSSR count). The Bertz CT molecular complexity index is 320. The topological polar surface area (TPSA) is 57.6 Å². The molecule has 0 saturated heterocycles. The van der Waals surface area contributed by atoms with Gasteiger partial charge in [-0.1, -0.05) is 39.5 Å². The number of aliphatic carboxylic acids is 1. The Hall–Kier alpha value is -1.06. The molecule has 0 aromatic heterocycles. The predicted octanol–water partition coefficient (Wildman–Crippen LogP) is 3.70. The van der Waals surface area contributed by atoms with Crippen molar-refractivity contribution in [3.63, 3.8) is 0 Å². The molecule has 0 radical (unpaired) electrons. The van der Waals surface area contributed by atoms with Gasteiger partial charge in [-0.3, -0.25) is 9.59 Å². The molecule has 0 spiro atoms. The van der Waals surface area contributed by atoms with E-state index < -0.39 is 5.97 Å². The smallest absolute Gasteiger partial charge is 0.306 e. The molecular weight excluding hydrogens is 266 g/mol. The summed E-state index contributed by atoms with van der Waals surface area (Å²) < 4.78 is 0. The number of carboxylic acids is 1. The van der Waals surface area contributed by atoms with Crippen molar-refractivity contribution in [2.75, 3.05) is 13.1 Å². The van der Waals surface area contributed by atoms with E-state index in [1.165, 1.54) is 0 Å². The van der Waals surface area contributed by atoms with Gasteiger partial charge in [-0.15, -0.1) is 0 Å². The molecule has 1 aliphatic carbocycles. The van der Waals surface area contributed by atoms with Crippen LogP contribution in [0.15, 0.2) is 0 Å². The van der Waals surface area contributed by atoms with Crippen LogP contribution >= 0.6 is 0 Å². The van der Waals surface area contributed by atoms with E-state index in [-0.39, 0.29) is 17.7 Å². The molecular formula is C17H31NO3. The number of unbranched alkanes of at least 4 members (excludes halogenated alkanes) is 4. The molecule has 1 saturated carbocycles. The molecule has 1 fully saturated rings. The number of carbonyl (C=O) groups excluding carboxylic acids is 1. The van der Waals surface area contributed by atoms with Crippen LogP contribution in [0.1, 0.15) is 71.6 Å². The van der Waals surface area contributed by atoms with Crippen LogP contribution in [0, 0.1) is 11.8 Å². The summed E-state index contributed by atoms with van der Waals surface area (Å²) in [6.07, 6.45) is 8.67. The van der Waals surface area contributed by atoms with Crippen molar-refractivity contribution in [3.8, 4) is 0 Å². The van der Waals surface area contributed by atoms with E-state index in [1.807, 2.05) is 4.90 Å². The summed E-state index contributed by atoms with van der Waals surface area (Å²) in [5.41, 5.74) is 0. The van der Waals surface area contributed by atoms with Crippen molar-refractivity contribution in [2.45, 2.75) is 71.6 Å². The third kappa shape index (κ3) is 6.06. The zero-order chi connectivity index (χ0) is 15.7. The fourth-order valence-corrected chi connectivity index (χ4v) is 3.13. The van der Waals surface area contributed by atoms with E-state index in [9.17, 15) is 9.59 Å². The van der Waals surface area contributed by atoms with Gasteiger partial charge in [0.25, 0.3) is 0 Å². The summed E-state index contributed by atoms with van der Waals surface area (Å²) in [5.74, 6) is -0.916. The highest BCUT2D eigenvalue weighted by Crippen LogP contribution is 2.32. The third-order valence-electron chi connectivity index (χ3n) is 4.51. The van der Waals surface area contributed by atoms with Crippen molar-refractivity contribution >= 4 is 11.9 Å². The maximum Gasteiger partial charge on any atom is 0.306 e. The summed E-state index contributed by atoms with van der Waals surface area (Å²) in [7, 11) is 0. The number of carboxylic acid groups (broad SMARTS) is 1. The number of rotatable bonds is 10. The van der Waals surface area contributed by atoms with E-state index in [0.29, 0.717) is 12.8 Å². The lowest BCUT2D eigenvalue weighted by atomic mass is 10.0. The van der Waals surface area contributed by atoms with Gasteiger partial charge >= 0.3 is 5.97 Å². The fourth-order valence-electron chi connectivity index (χ4n) is 3.13. The molecule has 4 nitrogen and oxygen atoms in total. The second-order valence-electron chi connectivity index (χ2n) is 6.28. The van der Waals surface area contributed by atoms with Gasteiger partial charge in [0, 0.05) is 19.0 Å². The summed E-state index contributed by atoms with van der Waals surface area (Å²) in [6.45, 7) is 6.00. The van der Waals surface area contributed by atoms with Crippen LogP contribution in [0.25, 0.3) is 0 Å². The molecule has 1 N–H and O–H groups in total. The van der Waals surface area contributed by atoms with Gasteiger partial charge in [0.1, 0.15) is 0 Å². The molecule has 122 valence electrons. The Kier molecular flexibility index (Phi) is 8.40. The van der Waals surface area contributed by atoms with Crippen LogP contribution in [0.3, 0.4) is 0 Å². The van der Waals surface area contributed by atoms with E-state index in [2.05, 4.69) is 13.8 Å². The van der Waals surface area contributed by atoms with Crippen LogP contribution in [-0.2, 0) is 9.59 Å². The summed E-state index contributed by atoms with van der Waals surface area (Å²) >= 11 is 0. The van der Waals surface area contributed by atoms with E-state index in [4.69, 9.17) is 5.11 Å². The molecule has 1 amide bonds. The van der Waals surface area contributed by atoms with E-state index >= 15 is 0 Å². The highest BCUT2D eigenvalue weighted by atomic mass is 16.4. The average Bonchev–Trinajstić information content (AvgIpc) is 2.95. The van der Waals surface area contributed by atoms with Crippen molar-refractivity contribution in [1.82, 2.24) is 4.90 Å². The Morgan fingerprint density at radius 1 is 0.952 bits per heavy atom. The Labute approximate surface area is 128 Å². The highest BCUT2D eigenvalue weighted by Gasteiger charge is 2.35. The second kappa shape index (κ2) is 9.80. The van der Waals surface area contributed by atoms with Crippen molar-refractivity contribution in [2.24, 2.45) is 11.8 Å². The molecule has 0 unspecified atom stereocenters. The van der Waals surface area contributed by atoms with Crippen molar-refractivity contribution in [3.05, 3.63) is 0 Å². The third-order valence-corrected chi connectivity index (χ3v) is 4.51. The lowest BCUT2D eigenvalue weighted by molar-refractivity contribution is -0.141.